The normalized spacial score (nSPS) is 19.2. The number of sulfonamides is 1. The molecule has 10 heteroatoms. The molecule has 2 amide bonds. The van der Waals surface area contributed by atoms with Crippen molar-refractivity contribution in [3.63, 3.8) is 0 Å². The first-order chi connectivity index (χ1) is 15.1. The quantitative estimate of drug-likeness (QED) is 0.463. The van der Waals surface area contributed by atoms with Crippen molar-refractivity contribution in [2.24, 2.45) is 0 Å². The molecule has 0 saturated carbocycles. The van der Waals surface area contributed by atoms with E-state index in [1.807, 2.05) is 30.3 Å². The molecule has 2 aromatic carbocycles. The number of amides is 2. The van der Waals surface area contributed by atoms with Crippen LogP contribution in [0.5, 0.6) is 0 Å². The Bertz CT molecular complexity index is 1080. The number of carbonyl (C=O) groups is 2. The van der Waals surface area contributed by atoms with E-state index in [4.69, 9.17) is 11.6 Å². The van der Waals surface area contributed by atoms with E-state index in [2.05, 4.69) is 20.7 Å². The van der Waals surface area contributed by atoms with Gasteiger partial charge in [-0.2, -0.15) is 0 Å². The number of benzene rings is 2. The summed E-state index contributed by atoms with van der Waals surface area (Å²) in [7, 11) is -3.49. The molecule has 1 saturated heterocycles. The Labute approximate surface area is 193 Å². The number of nitrogens with one attached hydrogen (secondary N) is 4. The highest BCUT2D eigenvalue weighted by Crippen LogP contribution is 2.25. The highest BCUT2D eigenvalue weighted by Gasteiger charge is 2.31. The maximum atomic E-state index is 12.6. The fraction of sp³-hybridized carbons (Fsp3) is 0.364. The molecule has 0 unspecified atom stereocenters. The monoisotopic (exact) mass is 478 g/mol. The Kier molecular flexibility index (Phi) is 7.76. The van der Waals surface area contributed by atoms with E-state index >= 15 is 0 Å². The predicted octanol–water partition coefficient (Wildman–Crippen LogP) is 1.98. The summed E-state index contributed by atoms with van der Waals surface area (Å²) in [5.74, 6) is -0.366. The van der Waals surface area contributed by atoms with Gasteiger partial charge in [-0.25, -0.2) is 8.42 Å². The lowest BCUT2D eigenvalue weighted by atomic mass is 9.96. The Morgan fingerprint density at radius 3 is 2.59 bits per heavy atom. The molecule has 1 heterocycles. The van der Waals surface area contributed by atoms with Gasteiger partial charge in [0.05, 0.1) is 18.0 Å². The minimum atomic E-state index is -3.49. The van der Waals surface area contributed by atoms with Gasteiger partial charge < -0.3 is 16.0 Å². The minimum Gasteiger partial charge on any atom is -0.350 e. The molecule has 0 bridgehead atoms. The van der Waals surface area contributed by atoms with Gasteiger partial charge in [0.1, 0.15) is 6.04 Å². The highest BCUT2D eigenvalue weighted by molar-refractivity contribution is 7.92. The van der Waals surface area contributed by atoms with Gasteiger partial charge >= 0.3 is 0 Å². The van der Waals surface area contributed by atoms with Gasteiger partial charge in [0.15, 0.2) is 0 Å². The molecule has 0 spiro atoms. The SMILES string of the molecule is C[C@H](NC(=O)[C@H]1C[C@H](c2ccccc2)CN1)C(=O)NCc1cc(Cl)ccc1NS(C)(=O)=O. The van der Waals surface area contributed by atoms with Crippen molar-refractivity contribution < 1.29 is 18.0 Å². The molecule has 0 aliphatic carbocycles. The van der Waals surface area contributed by atoms with Crippen molar-refractivity contribution in [1.82, 2.24) is 16.0 Å². The van der Waals surface area contributed by atoms with Crippen LogP contribution in [0.15, 0.2) is 48.5 Å². The smallest absolute Gasteiger partial charge is 0.242 e. The van der Waals surface area contributed by atoms with Crippen LogP contribution in [0.4, 0.5) is 5.69 Å². The molecular formula is C22H27ClN4O4S. The van der Waals surface area contributed by atoms with Gasteiger partial charge in [0.25, 0.3) is 0 Å². The van der Waals surface area contributed by atoms with Gasteiger partial charge in [-0.05, 0) is 48.6 Å². The summed E-state index contributed by atoms with van der Waals surface area (Å²) in [5.41, 5.74) is 2.02. The Hall–Kier alpha value is -2.62. The number of carbonyl (C=O) groups excluding carboxylic acids is 2. The van der Waals surface area contributed by atoms with E-state index in [0.717, 1.165) is 6.26 Å². The lowest BCUT2D eigenvalue weighted by molar-refractivity contribution is -0.129. The van der Waals surface area contributed by atoms with Gasteiger partial charge in [0, 0.05) is 18.1 Å². The first-order valence-electron chi connectivity index (χ1n) is 10.2. The Morgan fingerprint density at radius 1 is 1.19 bits per heavy atom. The van der Waals surface area contributed by atoms with Crippen LogP contribution < -0.4 is 20.7 Å². The first-order valence-corrected chi connectivity index (χ1v) is 12.5. The van der Waals surface area contributed by atoms with Crippen molar-refractivity contribution in [3.05, 3.63) is 64.7 Å². The van der Waals surface area contributed by atoms with Crippen LogP contribution in [-0.2, 0) is 26.2 Å². The van der Waals surface area contributed by atoms with Crippen molar-refractivity contribution in [1.29, 1.82) is 0 Å². The summed E-state index contributed by atoms with van der Waals surface area (Å²) >= 11 is 6.01. The molecular weight excluding hydrogens is 452 g/mol. The van der Waals surface area contributed by atoms with Crippen molar-refractivity contribution in [3.8, 4) is 0 Å². The molecule has 3 atom stereocenters. The van der Waals surface area contributed by atoms with Crippen LogP contribution in [-0.4, -0.2) is 45.1 Å². The zero-order valence-corrected chi connectivity index (χ0v) is 19.5. The Balaban J connectivity index is 1.53. The van der Waals surface area contributed by atoms with Gasteiger partial charge in [-0.15, -0.1) is 0 Å². The minimum absolute atomic E-state index is 0.0508. The number of anilines is 1. The third-order valence-corrected chi connectivity index (χ3v) is 6.11. The molecule has 0 aromatic heterocycles. The summed E-state index contributed by atoms with van der Waals surface area (Å²) in [6.45, 7) is 2.35. The number of rotatable bonds is 8. The largest absolute Gasteiger partial charge is 0.350 e. The lowest BCUT2D eigenvalue weighted by Gasteiger charge is -2.18. The molecule has 2 aromatic rings. The van der Waals surface area contributed by atoms with Gasteiger partial charge in [-0.1, -0.05) is 41.9 Å². The third kappa shape index (κ3) is 6.69. The Morgan fingerprint density at radius 2 is 1.91 bits per heavy atom. The fourth-order valence-corrected chi connectivity index (χ4v) is 4.43. The van der Waals surface area contributed by atoms with E-state index in [1.165, 1.54) is 11.6 Å². The molecule has 3 rings (SSSR count). The zero-order valence-electron chi connectivity index (χ0n) is 17.9. The second kappa shape index (κ2) is 10.3. The number of hydrogen-bond donors (Lipinski definition) is 4. The summed E-state index contributed by atoms with van der Waals surface area (Å²) in [4.78, 5) is 25.1. The second-order valence-electron chi connectivity index (χ2n) is 7.93. The van der Waals surface area contributed by atoms with Crippen molar-refractivity contribution in [2.75, 3.05) is 17.5 Å². The van der Waals surface area contributed by atoms with E-state index < -0.39 is 16.1 Å². The highest BCUT2D eigenvalue weighted by atomic mass is 35.5. The molecule has 8 nitrogen and oxygen atoms in total. The van der Waals surface area contributed by atoms with Crippen LogP contribution in [0.3, 0.4) is 0 Å². The molecule has 0 radical (unpaired) electrons. The summed E-state index contributed by atoms with van der Waals surface area (Å²) in [6.07, 6.45) is 1.70. The maximum absolute atomic E-state index is 12.6. The van der Waals surface area contributed by atoms with Gasteiger partial charge in [-0.3, -0.25) is 14.3 Å². The zero-order chi connectivity index (χ0) is 23.3. The van der Waals surface area contributed by atoms with Crippen molar-refractivity contribution in [2.45, 2.75) is 37.9 Å². The van der Waals surface area contributed by atoms with Crippen LogP contribution in [0.1, 0.15) is 30.4 Å². The fourth-order valence-electron chi connectivity index (χ4n) is 3.64. The second-order valence-corrected chi connectivity index (χ2v) is 10.1. The number of halogens is 1. The summed E-state index contributed by atoms with van der Waals surface area (Å²) in [5, 5.41) is 9.09. The molecule has 32 heavy (non-hydrogen) atoms. The first kappa shape index (κ1) is 24.0. The lowest BCUT2D eigenvalue weighted by Crippen LogP contribution is -2.49. The van der Waals surface area contributed by atoms with E-state index in [1.54, 1.807) is 19.1 Å². The van der Waals surface area contributed by atoms with Crippen molar-refractivity contribution >= 4 is 39.1 Å². The van der Waals surface area contributed by atoms with Crippen LogP contribution in [0.2, 0.25) is 5.02 Å². The average molecular weight is 479 g/mol. The standard InChI is InChI=1S/C22H27ClN4O4S/c1-14(26-22(29)20-11-16(12-24-20)15-6-4-3-5-7-15)21(28)25-13-17-10-18(23)8-9-19(17)27-32(2,30)31/h3-10,14,16,20,24,27H,11-13H2,1-2H3,(H,25,28)(H,26,29)/t14-,16-,20+/m0/s1. The van der Waals surface area contributed by atoms with E-state index in [0.29, 0.717) is 29.2 Å². The third-order valence-electron chi connectivity index (χ3n) is 5.29. The topological polar surface area (TPSA) is 116 Å². The maximum Gasteiger partial charge on any atom is 0.242 e. The molecule has 1 aliphatic heterocycles. The van der Waals surface area contributed by atoms with Crippen LogP contribution in [0, 0.1) is 0 Å². The van der Waals surface area contributed by atoms with E-state index in [9.17, 15) is 18.0 Å². The molecule has 4 N–H and O–H groups in total. The molecule has 172 valence electrons. The summed E-state index contributed by atoms with van der Waals surface area (Å²) < 4.78 is 25.5. The predicted molar refractivity (Wildman–Crippen MR) is 125 cm³/mol. The molecule has 1 aliphatic rings. The average Bonchev–Trinajstić information content (AvgIpc) is 3.24. The van der Waals surface area contributed by atoms with E-state index in [-0.39, 0.29) is 30.3 Å². The number of hydrogen-bond acceptors (Lipinski definition) is 5. The molecule has 1 fully saturated rings. The van der Waals surface area contributed by atoms with Crippen LogP contribution in [0.25, 0.3) is 0 Å². The van der Waals surface area contributed by atoms with Gasteiger partial charge in [0.2, 0.25) is 21.8 Å². The summed E-state index contributed by atoms with van der Waals surface area (Å²) in [6, 6.07) is 13.5. The van der Waals surface area contributed by atoms with Crippen LogP contribution >= 0.6 is 11.6 Å².